The molecule has 2 N–H and O–H groups in total. The average Bonchev–Trinajstić information content (AvgIpc) is 2.51. The van der Waals surface area contributed by atoms with Crippen LogP contribution in [0.4, 0.5) is 0 Å². The second-order valence-corrected chi connectivity index (χ2v) is 3.81. The fourth-order valence-corrected chi connectivity index (χ4v) is 1.65. The first-order valence-electron chi connectivity index (χ1n) is 4.80. The Morgan fingerprint density at radius 1 is 1.85 bits per heavy atom. The zero-order valence-corrected chi connectivity index (χ0v) is 8.20. The molecule has 1 amide bonds. The number of carbonyl (C=O) groups is 1. The summed E-state index contributed by atoms with van der Waals surface area (Å²) in [7, 11) is 0. The Morgan fingerprint density at radius 2 is 2.54 bits per heavy atom. The zero-order chi connectivity index (χ0) is 9.84. The van der Waals surface area contributed by atoms with E-state index in [9.17, 15) is 4.79 Å². The molecule has 74 valence electrons. The summed E-state index contributed by atoms with van der Waals surface area (Å²) in [5.41, 5.74) is 5.69. The van der Waals surface area contributed by atoms with Crippen LogP contribution in [0.2, 0.25) is 0 Å². The zero-order valence-electron chi connectivity index (χ0n) is 8.20. The van der Waals surface area contributed by atoms with E-state index in [1.165, 1.54) is 0 Å². The van der Waals surface area contributed by atoms with E-state index in [0.717, 1.165) is 19.5 Å². The highest BCUT2D eigenvalue weighted by Gasteiger charge is 2.26. The van der Waals surface area contributed by atoms with Gasteiger partial charge in [0.1, 0.15) is 0 Å². The molecule has 13 heavy (non-hydrogen) atoms. The van der Waals surface area contributed by atoms with Gasteiger partial charge in [-0.3, -0.25) is 4.79 Å². The summed E-state index contributed by atoms with van der Waals surface area (Å²) in [5, 5.41) is 0. The van der Waals surface area contributed by atoms with Gasteiger partial charge in [-0.15, -0.1) is 6.58 Å². The van der Waals surface area contributed by atoms with Crippen molar-refractivity contribution in [1.29, 1.82) is 0 Å². The quantitative estimate of drug-likeness (QED) is 0.655. The van der Waals surface area contributed by atoms with Crippen LogP contribution >= 0.6 is 0 Å². The Labute approximate surface area is 79.6 Å². The molecule has 0 aromatic carbocycles. The predicted octanol–water partition coefficient (Wildman–Crippen LogP) is 0.758. The van der Waals surface area contributed by atoms with Crippen molar-refractivity contribution < 1.29 is 4.79 Å². The van der Waals surface area contributed by atoms with Gasteiger partial charge in [0.25, 0.3) is 0 Å². The molecule has 2 unspecified atom stereocenters. The van der Waals surface area contributed by atoms with Crippen molar-refractivity contribution in [1.82, 2.24) is 4.90 Å². The third kappa shape index (κ3) is 2.56. The Bertz CT molecular complexity index is 203. The number of amides is 1. The van der Waals surface area contributed by atoms with E-state index in [4.69, 9.17) is 5.73 Å². The summed E-state index contributed by atoms with van der Waals surface area (Å²) < 4.78 is 0. The van der Waals surface area contributed by atoms with Crippen molar-refractivity contribution in [3.63, 3.8) is 0 Å². The van der Waals surface area contributed by atoms with Crippen molar-refractivity contribution >= 4 is 5.91 Å². The fraction of sp³-hybridized carbons (Fsp3) is 0.700. The van der Waals surface area contributed by atoms with Crippen LogP contribution in [0.3, 0.4) is 0 Å². The minimum absolute atomic E-state index is 0.0734. The first kappa shape index (κ1) is 10.3. The average molecular weight is 182 g/mol. The molecule has 1 fully saturated rings. The van der Waals surface area contributed by atoms with Gasteiger partial charge in [0.2, 0.25) is 5.91 Å². The highest BCUT2D eigenvalue weighted by Crippen LogP contribution is 2.15. The predicted molar refractivity (Wildman–Crippen MR) is 53.2 cm³/mol. The van der Waals surface area contributed by atoms with Gasteiger partial charge in [0, 0.05) is 13.1 Å². The summed E-state index contributed by atoms with van der Waals surface area (Å²) in [4.78, 5) is 13.5. The van der Waals surface area contributed by atoms with Crippen molar-refractivity contribution in [3.8, 4) is 0 Å². The molecular weight excluding hydrogens is 164 g/mol. The van der Waals surface area contributed by atoms with E-state index < -0.39 is 0 Å². The van der Waals surface area contributed by atoms with Crippen LogP contribution in [0.15, 0.2) is 12.7 Å². The van der Waals surface area contributed by atoms with Crippen LogP contribution in [0, 0.1) is 5.92 Å². The molecule has 0 aliphatic carbocycles. The van der Waals surface area contributed by atoms with Crippen LogP contribution in [-0.2, 0) is 4.79 Å². The molecular formula is C10H18N2O. The van der Waals surface area contributed by atoms with E-state index in [1.807, 2.05) is 4.90 Å². The maximum absolute atomic E-state index is 11.6. The maximum atomic E-state index is 11.6. The first-order valence-corrected chi connectivity index (χ1v) is 4.80. The summed E-state index contributed by atoms with van der Waals surface area (Å²) in [5.74, 6) is 0.698. The molecule has 1 rings (SSSR count). The summed E-state index contributed by atoms with van der Waals surface area (Å²) >= 11 is 0. The highest BCUT2D eigenvalue weighted by atomic mass is 16.2. The van der Waals surface area contributed by atoms with E-state index in [-0.39, 0.29) is 11.9 Å². The minimum atomic E-state index is -0.386. The number of hydrogen-bond acceptors (Lipinski definition) is 2. The van der Waals surface area contributed by atoms with Gasteiger partial charge in [-0.05, 0) is 18.8 Å². The van der Waals surface area contributed by atoms with Crippen molar-refractivity contribution in [2.75, 3.05) is 13.1 Å². The van der Waals surface area contributed by atoms with E-state index in [0.29, 0.717) is 12.3 Å². The molecule has 2 atom stereocenters. The van der Waals surface area contributed by atoms with Crippen molar-refractivity contribution in [3.05, 3.63) is 12.7 Å². The topological polar surface area (TPSA) is 46.3 Å². The van der Waals surface area contributed by atoms with Gasteiger partial charge < -0.3 is 10.6 Å². The van der Waals surface area contributed by atoms with Gasteiger partial charge >= 0.3 is 0 Å². The Balaban J connectivity index is 2.43. The molecule has 0 radical (unpaired) electrons. The lowest BCUT2D eigenvalue weighted by Crippen LogP contribution is -2.42. The standard InChI is InChI=1S/C10H18N2O/c1-3-4-9(11)10(13)12-6-5-8(2)7-12/h3,8-9H,1,4-7,11H2,2H3. The minimum Gasteiger partial charge on any atom is -0.341 e. The molecule has 0 saturated carbocycles. The molecule has 1 heterocycles. The highest BCUT2D eigenvalue weighted by molar-refractivity contribution is 5.82. The SMILES string of the molecule is C=CCC(N)C(=O)N1CCC(C)C1. The van der Waals surface area contributed by atoms with E-state index in [2.05, 4.69) is 13.5 Å². The third-order valence-corrected chi connectivity index (χ3v) is 2.47. The third-order valence-electron chi connectivity index (χ3n) is 2.47. The van der Waals surface area contributed by atoms with Gasteiger partial charge in [0.05, 0.1) is 6.04 Å². The number of hydrogen-bond donors (Lipinski definition) is 1. The Morgan fingerprint density at radius 3 is 3.00 bits per heavy atom. The largest absolute Gasteiger partial charge is 0.341 e. The molecule has 0 bridgehead atoms. The van der Waals surface area contributed by atoms with Crippen LogP contribution in [-0.4, -0.2) is 29.9 Å². The van der Waals surface area contributed by atoms with Crippen LogP contribution in [0.25, 0.3) is 0 Å². The Kier molecular flexibility index (Phi) is 3.48. The Hall–Kier alpha value is -0.830. The van der Waals surface area contributed by atoms with Crippen LogP contribution in [0.5, 0.6) is 0 Å². The monoisotopic (exact) mass is 182 g/mol. The van der Waals surface area contributed by atoms with Crippen molar-refractivity contribution in [2.45, 2.75) is 25.8 Å². The molecule has 1 saturated heterocycles. The lowest BCUT2D eigenvalue weighted by atomic mass is 10.2. The molecule has 0 aromatic rings. The number of rotatable bonds is 3. The maximum Gasteiger partial charge on any atom is 0.239 e. The number of carbonyl (C=O) groups excluding carboxylic acids is 1. The molecule has 3 heteroatoms. The summed E-state index contributed by atoms with van der Waals surface area (Å²) in [6, 6.07) is -0.386. The van der Waals surface area contributed by atoms with Crippen LogP contribution in [0.1, 0.15) is 19.8 Å². The second-order valence-electron chi connectivity index (χ2n) is 3.81. The lowest BCUT2D eigenvalue weighted by Gasteiger charge is -2.19. The normalized spacial score (nSPS) is 24.5. The molecule has 0 spiro atoms. The number of likely N-dealkylation sites (tertiary alicyclic amines) is 1. The van der Waals surface area contributed by atoms with E-state index >= 15 is 0 Å². The van der Waals surface area contributed by atoms with Crippen molar-refractivity contribution in [2.24, 2.45) is 11.7 Å². The molecule has 3 nitrogen and oxygen atoms in total. The lowest BCUT2D eigenvalue weighted by molar-refractivity contribution is -0.131. The summed E-state index contributed by atoms with van der Waals surface area (Å²) in [6.07, 6.45) is 3.37. The number of nitrogens with two attached hydrogens (primary N) is 1. The van der Waals surface area contributed by atoms with Gasteiger partial charge in [-0.2, -0.15) is 0 Å². The molecule has 1 aliphatic heterocycles. The van der Waals surface area contributed by atoms with E-state index in [1.54, 1.807) is 6.08 Å². The van der Waals surface area contributed by atoms with Gasteiger partial charge in [-0.1, -0.05) is 13.0 Å². The first-order chi connectivity index (χ1) is 6.15. The van der Waals surface area contributed by atoms with Gasteiger partial charge in [-0.25, -0.2) is 0 Å². The molecule has 1 aliphatic rings. The number of nitrogens with zero attached hydrogens (tertiary/aromatic N) is 1. The van der Waals surface area contributed by atoms with Gasteiger partial charge in [0.15, 0.2) is 0 Å². The second kappa shape index (κ2) is 4.42. The fourth-order valence-electron chi connectivity index (χ4n) is 1.65. The van der Waals surface area contributed by atoms with Crippen LogP contribution < -0.4 is 5.73 Å². The summed E-state index contributed by atoms with van der Waals surface area (Å²) in [6.45, 7) is 7.46. The molecule has 0 aromatic heterocycles. The smallest absolute Gasteiger partial charge is 0.239 e.